The van der Waals surface area contributed by atoms with Crippen molar-refractivity contribution in [1.82, 2.24) is 4.90 Å². The van der Waals surface area contributed by atoms with Gasteiger partial charge in [-0.05, 0) is 69.0 Å². The zero-order valence-corrected chi connectivity index (χ0v) is 18.1. The van der Waals surface area contributed by atoms with E-state index in [1.807, 2.05) is 42.5 Å². The third-order valence-electron chi connectivity index (χ3n) is 3.40. The predicted molar refractivity (Wildman–Crippen MR) is 119 cm³/mol. The summed E-state index contributed by atoms with van der Waals surface area (Å²) in [6.45, 7) is 0.457. The van der Waals surface area contributed by atoms with E-state index >= 15 is 0 Å². The molecule has 0 spiro atoms. The molecule has 1 N–H and O–H groups in total. The van der Waals surface area contributed by atoms with Crippen LogP contribution >= 0.6 is 69.2 Å². The molecule has 24 heavy (non-hydrogen) atoms. The highest BCUT2D eigenvalue weighted by Gasteiger charge is 2.32. The SMILES string of the molecule is O=C1/C(=C/c2cc(I)cc(I)c2O)SC(=S)N1Cc1ccccc1. The maximum absolute atomic E-state index is 12.7. The van der Waals surface area contributed by atoms with Crippen molar-refractivity contribution in [2.45, 2.75) is 6.54 Å². The van der Waals surface area contributed by atoms with E-state index in [1.165, 1.54) is 11.8 Å². The monoisotopic (exact) mass is 579 g/mol. The summed E-state index contributed by atoms with van der Waals surface area (Å²) in [6.07, 6.45) is 1.71. The summed E-state index contributed by atoms with van der Waals surface area (Å²) in [5, 5.41) is 10.2. The van der Waals surface area contributed by atoms with E-state index in [1.54, 1.807) is 11.0 Å². The largest absolute Gasteiger partial charge is 0.506 e. The van der Waals surface area contributed by atoms with Crippen molar-refractivity contribution in [1.29, 1.82) is 0 Å². The maximum Gasteiger partial charge on any atom is 0.266 e. The van der Waals surface area contributed by atoms with E-state index in [0.29, 0.717) is 21.3 Å². The summed E-state index contributed by atoms with van der Waals surface area (Å²) in [4.78, 5) is 14.8. The summed E-state index contributed by atoms with van der Waals surface area (Å²) in [5.41, 5.74) is 1.66. The molecule has 2 aromatic rings. The van der Waals surface area contributed by atoms with Gasteiger partial charge in [0, 0.05) is 9.13 Å². The Bertz CT molecular complexity index is 853. The number of benzene rings is 2. The Morgan fingerprint density at radius 1 is 1.21 bits per heavy atom. The van der Waals surface area contributed by atoms with Crippen LogP contribution in [-0.4, -0.2) is 20.2 Å². The number of thiocarbonyl (C=S) groups is 1. The Morgan fingerprint density at radius 2 is 1.92 bits per heavy atom. The Morgan fingerprint density at radius 3 is 2.62 bits per heavy atom. The molecular formula is C17H11I2NO2S2. The molecule has 0 saturated carbocycles. The van der Waals surface area contributed by atoms with Crippen LogP contribution in [0.2, 0.25) is 0 Å². The van der Waals surface area contributed by atoms with Crippen LogP contribution < -0.4 is 0 Å². The molecule has 1 fully saturated rings. The van der Waals surface area contributed by atoms with Crippen LogP contribution in [0.1, 0.15) is 11.1 Å². The summed E-state index contributed by atoms with van der Waals surface area (Å²) in [7, 11) is 0. The molecule has 0 unspecified atom stereocenters. The van der Waals surface area contributed by atoms with Crippen LogP contribution in [0.15, 0.2) is 47.4 Å². The normalized spacial score (nSPS) is 16.2. The van der Waals surface area contributed by atoms with Gasteiger partial charge >= 0.3 is 0 Å². The van der Waals surface area contributed by atoms with Crippen molar-refractivity contribution in [3.8, 4) is 5.75 Å². The van der Waals surface area contributed by atoms with Crippen molar-refractivity contribution < 1.29 is 9.90 Å². The Balaban J connectivity index is 1.89. The second-order valence-electron chi connectivity index (χ2n) is 5.08. The molecule has 0 aromatic heterocycles. The van der Waals surface area contributed by atoms with Crippen LogP contribution in [-0.2, 0) is 11.3 Å². The van der Waals surface area contributed by atoms with Crippen LogP contribution in [0.4, 0.5) is 0 Å². The van der Waals surface area contributed by atoms with E-state index in [4.69, 9.17) is 12.2 Å². The van der Waals surface area contributed by atoms with Gasteiger partial charge in [0.15, 0.2) is 0 Å². The Kier molecular flexibility index (Phi) is 5.83. The lowest BCUT2D eigenvalue weighted by molar-refractivity contribution is -0.122. The molecule has 2 aromatic carbocycles. The molecule has 122 valence electrons. The van der Waals surface area contributed by atoms with Crippen molar-refractivity contribution in [3.63, 3.8) is 0 Å². The first kappa shape index (κ1) is 18.2. The topological polar surface area (TPSA) is 40.5 Å². The first-order valence-electron chi connectivity index (χ1n) is 6.93. The molecule has 1 aliphatic rings. The number of nitrogens with zero attached hydrogens (tertiary/aromatic N) is 1. The number of hydrogen-bond acceptors (Lipinski definition) is 4. The molecule has 1 amide bonds. The fourth-order valence-electron chi connectivity index (χ4n) is 2.24. The number of carbonyl (C=O) groups is 1. The lowest BCUT2D eigenvalue weighted by Gasteiger charge is -2.14. The zero-order chi connectivity index (χ0) is 17.3. The molecule has 0 bridgehead atoms. The van der Waals surface area contributed by atoms with Crippen molar-refractivity contribution in [2.24, 2.45) is 0 Å². The summed E-state index contributed by atoms with van der Waals surface area (Å²) < 4.78 is 2.29. The first-order valence-corrected chi connectivity index (χ1v) is 10.3. The van der Waals surface area contributed by atoms with Crippen molar-refractivity contribution >= 4 is 85.5 Å². The standard InChI is InChI=1S/C17H11I2NO2S2/c18-12-6-11(15(21)13(19)8-12)7-14-16(22)20(17(23)24-14)9-10-4-2-1-3-5-10/h1-8,21H,9H2/b14-7-. The minimum absolute atomic E-state index is 0.123. The number of phenols is 1. The highest BCUT2D eigenvalue weighted by molar-refractivity contribution is 14.1. The van der Waals surface area contributed by atoms with Gasteiger partial charge in [-0.2, -0.15) is 0 Å². The third-order valence-corrected chi connectivity index (χ3v) is 6.22. The highest BCUT2D eigenvalue weighted by Crippen LogP contribution is 2.36. The number of halogens is 2. The minimum Gasteiger partial charge on any atom is -0.506 e. The van der Waals surface area contributed by atoms with E-state index < -0.39 is 0 Å². The van der Waals surface area contributed by atoms with Crippen molar-refractivity contribution in [2.75, 3.05) is 0 Å². The van der Waals surface area contributed by atoms with Gasteiger partial charge in [-0.25, -0.2) is 0 Å². The molecule has 1 aliphatic heterocycles. The number of aromatic hydroxyl groups is 1. The van der Waals surface area contributed by atoms with Gasteiger partial charge in [0.05, 0.1) is 15.0 Å². The summed E-state index contributed by atoms with van der Waals surface area (Å²) in [6, 6.07) is 13.5. The first-order chi connectivity index (χ1) is 11.5. The average molecular weight is 579 g/mol. The highest BCUT2D eigenvalue weighted by atomic mass is 127. The quantitative estimate of drug-likeness (QED) is 0.316. The lowest BCUT2D eigenvalue weighted by atomic mass is 10.2. The molecule has 3 rings (SSSR count). The number of amides is 1. The number of hydrogen-bond donors (Lipinski definition) is 1. The summed E-state index contributed by atoms with van der Waals surface area (Å²) in [5.74, 6) is 0.0615. The number of phenolic OH excluding ortho intramolecular Hbond substituents is 1. The smallest absolute Gasteiger partial charge is 0.266 e. The molecule has 3 nitrogen and oxygen atoms in total. The average Bonchev–Trinajstić information content (AvgIpc) is 2.81. The van der Waals surface area contributed by atoms with Gasteiger partial charge in [0.25, 0.3) is 5.91 Å². The molecule has 1 saturated heterocycles. The maximum atomic E-state index is 12.7. The van der Waals surface area contributed by atoms with Gasteiger partial charge in [-0.1, -0.05) is 54.3 Å². The summed E-state index contributed by atoms with van der Waals surface area (Å²) >= 11 is 10.9. The molecular weight excluding hydrogens is 568 g/mol. The molecule has 0 atom stereocenters. The molecule has 0 radical (unpaired) electrons. The second kappa shape index (κ2) is 7.71. The van der Waals surface area contributed by atoms with Gasteiger partial charge in [-0.15, -0.1) is 0 Å². The van der Waals surface area contributed by atoms with Crippen molar-refractivity contribution in [3.05, 3.63) is 65.6 Å². The van der Waals surface area contributed by atoms with Gasteiger partial charge in [0.1, 0.15) is 10.1 Å². The molecule has 7 heteroatoms. The van der Waals surface area contributed by atoms with Gasteiger partial charge in [-0.3, -0.25) is 9.69 Å². The van der Waals surface area contributed by atoms with Gasteiger partial charge in [0.2, 0.25) is 0 Å². The molecule has 0 aliphatic carbocycles. The Labute approximate surface area is 176 Å². The van der Waals surface area contributed by atoms with Crippen LogP contribution in [0.5, 0.6) is 5.75 Å². The lowest BCUT2D eigenvalue weighted by Crippen LogP contribution is -2.27. The van der Waals surface area contributed by atoms with Crippen LogP contribution in [0.25, 0.3) is 6.08 Å². The fraction of sp³-hybridized carbons (Fsp3) is 0.0588. The number of thioether (sulfide) groups is 1. The molecule has 1 heterocycles. The number of carbonyl (C=O) groups excluding carboxylic acids is 1. The predicted octanol–water partition coefficient (Wildman–Crippen LogP) is 5.00. The van der Waals surface area contributed by atoms with Crippen LogP contribution in [0, 0.1) is 7.14 Å². The minimum atomic E-state index is -0.123. The van der Waals surface area contributed by atoms with E-state index in [2.05, 4.69) is 45.2 Å². The van der Waals surface area contributed by atoms with E-state index in [-0.39, 0.29) is 11.7 Å². The van der Waals surface area contributed by atoms with Gasteiger partial charge < -0.3 is 5.11 Å². The Hall–Kier alpha value is -0.650. The van der Waals surface area contributed by atoms with E-state index in [0.717, 1.165) is 12.7 Å². The van der Waals surface area contributed by atoms with Crippen LogP contribution in [0.3, 0.4) is 0 Å². The fourth-order valence-corrected chi connectivity index (χ4v) is 5.38. The van der Waals surface area contributed by atoms with E-state index in [9.17, 15) is 9.90 Å². The third kappa shape index (κ3) is 3.94. The second-order valence-corrected chi connectivity index (χ2v) is 9.16. The number of rotatable bonds is 3. The zero-order valence-electron chi connectivity index (χ0n) is 12.2.